The Hall–Kier alpha value is -1.94. The number of hydrogen-bond donors (Lipinski definition) is 3. The number of ether oxygens (including phenoxy) is 4. The predicted molar refractivity (Wildman–Crippen MR) is 322 cm³/mol. The molecule has 0 heterocycles. The highest BCUT2D eigenvalue weighted by Gasteiger charge is 2.30. The summed E-state index contributed by atoms with van der Waals surface area (Å²) >= 11 is 0. The van der Waals surface area contributed by atoms with Gasteiger partial charge < -0.3 is 33.8 Å². The first-order valence-electron chi connectivity index (χ1n) is 32.7. The van der Waals surface area contributed by atoms with Crippen LogP contribution in [0.1, 0.15) is 311 Å². The molecule has 3 N–H and O–H groups in total. The molecule has 17 nitrogen and oxygen atoms in total. The largest absolute Gasteiger partial charge is 0.472 e. The number of hydrogen-bond acceptors (Lipinski definition) is 15. The normalized spacial score (nSPS) is 14.6. The van der Waals surface area contributed by atoms with Crippen LogP contribution in [0.4, 0.5) is 0 Å². The molecule has 0 aromatic rings. The van der Waals surface area contributed by atoms with Gasteiger partial charge in [-0.3, -0.25) is 37.3 Å². The van der Waals surface area contributed by atoms with Crippen LogP contribution in [0.5, 0.6) is 0 Å². The molecular weight excluding hydrogens is 1080 g/mol. The van der Waals surface area contributed by atoms with E-state index in [1.165, 1.54) is 103 Å². The van der Waals surface area contributed by atoms with Crippen molar-refractivity contribution in [1.82, 2.24) is 0 Å². The molecule has 0 amide bonds. The van der Waals surface area contributed by atoms with Crippen molar-refractivity contribution in [2.45, 2.75) is 329 Å². The van der Waals surface area contributed by atoms with Crippen LogP contribution in [0.25, 0.3) is 0 Å². The highest BCUT2D eigenvalue weighted by Crippen LogP contribution is 2.45. The molecule has 0 radical (unpaired) electrons. The topological polar surface area (TPSA) is 237 Å². The Balaban J connectivity index is 5.15. The van der Waals surface area contributed by atoms with Gasteiger partial charge in [-0.25, -0.2) is 9.13 Å². The standard InChI is InChI=1S/C62H120O17P2/c1-6-10-13-16-19-20-21-22-23-24-25-26-27-28-31-38-43-48-62(67)79-58(52-73-60(65)46-41-36-33-32-34-39-44-55(5)9-4)54-77-81(70,71)75-50-56(63)49-74-80(68,69)76-53-57(78-61(66)47-42-37-30-18-15-12-8-3)51-72-59(64)45-40-35-29-17-14-11-7-2/h55-58,63H,6-54H2,1-5H3,(H,68,69)(H,70,71)/t55?,56-,57+,58+/m0/s1. The van der Waals surface area contributed by atoms with Crippen molar-refractivity contribution in [2.24, 2.45) is 5.92 Å². The lowest BCUT2D eigenvalue weighted by atomic mass is 10.00. The second-order valence-electron chi connectivity index (χ2n) is 22.7. The lowest BCUT2D eigenvalue weighted by Gasteiger charge is -2.21. The fourth-order valence-corrected chi connectivity index (χ4v) is 10.8. The van der Waals surface area contributed by atoms with Crippen molar-refractivity contribution in [1.29, 1.82) is 0 Å². The van der Waals surface area contributed by atoms with E-state index in [-0.39, 0.29) is 25.7 Å². The zero-order valence-corrected chi connectivity index (χ0v) is 53.7. The van der Waals surface area contributed by atoms with E-state index in [9.17, 15) is 43.2 Å². The lowest BCUT2D eigenvalue weighted by molar-refractivity contribution is -0.161. The van der Waals surface area contributed by atoms with Gasteiger partial charge in [0.2, 0.25) is 0 Å². The summed E-state index contributed by atoms with van der Waals surface area (Å²) in [5.41, 5.74) is 0. The number of esters is 4. The van der Waals surface area contributed by atoms with Crippen molar-refractivity contribution < 1.29 is 80.2 Å². The van der Waals surface area contributed by atoms with E-state index in [1.807, 2.05) is 0 Å². The highest BCUT2D eigenvalue weighted by atomic mass is 31.2. The summed E-state index contributed by atoms with van der Waals surface area (Å²) in [5, 5.41) is 10.5. The fraction of sp³-hybridized carbons (Fsp3) is 0.935. The van der Waals surface area contributed by atoms with Gasteiger partial charge in [-0.1, -0.05) is 259 Å². The molecule has 0 aliphatic heterocycles. The van der Waals surface area contributed by atoms with Crippen molar-refractivity contribution in [3.8, 4) is 0 Å². The van der Waals surface area contributed by atoms with Crippen LogP contribution in [-0.4, -0.2) is 96.7 Å². The van der Waals surface area contributed by atoms with E-state index in [1.54, 1.807) is 0 Å². The Kier molecular flexibility index (Phi) is 54.6. The molecule has 480 valence electrons. The van der Waals surface area contributed by atoms with Crippen LogP contribution in [0.15, 0.2) is 0 Å². The maximum Gasteiger partial charge on any atom is 0.472 e. The first-order chi connectivity index (χ1) is 39.1. The van der Waals surface area contributed by atoms with E-state index in [2.05, 4.69) is 34.6 Å². The molecule has 81 heavy (non-hydrogen) atoms. The zero-order chi connectivity index (χ0) is 59.9. The van der Waals surface area contributed by atoms with Crippen molar-refractivity contribution in [3.63, 3.8) is 0 Å². The molecule has 0 aromatic carbocycles. The Morgan fingerprint density at radius 3 is 0.877 bits per heavy atom. The molecule has 0 aliphatic rings. The molecule has 0 rings (SSSR count). The minimum atomic E-state index is -4.94. The van der Waals surface area contributed by atoms with E-state index in [4.69, 9.17) is 37.0 Å². The molecule has 19 heteroatoms. The van der Waals surface area contributed by atoms with Gasteiger partial charge in [0.1, 0.15) is 19.3 Å². The third kappa shape index (κ3) is 55.7. The van der Waals surface area contributed by atoms with E-state index >= 15 is 0 Å². The fourth-order valence-electron chi connectivity index (χ4n) is 9.20. The van der Waals surface area contributed by atoms with Crippen LogP contribution in [0, 0.1) is 5.92 Å². The molecule has 0 fully saturated rings. The molecule has 0 bridgehead atoms. The Morgan fingerprint density at radius 2 is 0.593 bits per heavy atom. The van der Waals surface area contributed by atoms with Gasteiger partial charge in [0.05, 0.1) is 26.4 Å². The van der Waals surface area contributed by atoms with E-state index < -0.39 is 97.5 Å². The summed E-state index contributed by atoms with van der Waals surface area (Å²) in [6.07, 6.45) is 39.3. The highest BCUT2D eigenvalue weighted by molar-refractivity contribution is 7.47. The number of aliphatic hydroxyl groups is 1. The van der Waals surface area contributed by atoms with Crippen LogP contribution in [0.2, 0.25) is 0 Å². The summed E-state index contributed by atoms with van der Waals surface area (Å²) in [4.78, 5) is 71.9. The number of rotatable bonds is 62. The monoisotopic (exact) mass is 1200 g/mol. The van der Waals surface area contributed by atoms with Crippen molar-refractivity contribution in [2.75, 3.05) is 39.6 Å². The molecule has 6 atom stereocenters. The quantitative estimate of drug-likeness (QED) is 0.0222. The zero-order valence-electron chi connectivity index (χ0n) is 51.9. The maximum absolute atomic E-state index is 12.9. The maximum atomic E-state index is 12.9. The van der Waals surface area contributed by atoms with Crippen LogP contribution in [-0.2, 0) is 65.4 Å². The van der Waals surface area contributed by atoms with Crippen LogP contribution >= 0.6 is 15.6 Å². The molecule has 0 saturated carbocycles. The summed E-state index contributed by atoms with van der Waals surface area (Å²) in [6, 6.07) is 0. The smallest absolute Gasteiger partial charge is 0.462 e. The first kappa shape index (κ1) is 79.1. The van der Waals surface area contributed by atoms with Gasteiger partial charge in [0.25, 0.3) is 0 Å². The molecule has 0 spiro atoms. The first-order valence-corrected chi connectivity index (χ1v) is 35.7. The molecule has 0 aliphatic carbocycles. The Labute approximate surface area is 492 Å². The predicted octanol–water partition coefficient (Wildman–Crippen LogP) is 17.0. The summed E-state index contributed by atoms with van der Waals surface area (Å²) in [7, 11) is -9.87. The SMILES string of the molecule is CCCCCCCCCCCCCCCCCCCC(=O)O[C@H](COC(=O)CCCCCCCCC(C)CC)COP(=O)(O)OC[C@@H](O)COP(=O)(O)OC[C@@H](COC(=O)CCCCCCCCC)OC(=O)CCCCCCCCC. The number of carbonyl (C=O) groups is 4. The van der Waals surface area contributed by atoms with Crippen LogP contribution in [0.3, 0.4) is 0 Å². The summed E-state index contributed by atoms with van der Waals surface area (Å²) in [5.74, 6) is -1.41. The second-order valence-corrected chi connectivity index (χ2v) is 25.6. The van der Waals surface area contributed by atoms with Gasteiger partial charge in [-0.2, -0.15) is 0 Å². The average molecular weight is 1200 g/mol. The summed E-state index contributed by atoms with van der Waals surface area (Å²) in [6.45, 7) is 7.06. The van der Waals surface area contributed by atoms with E-state index in [0.717, 1.165) is 128 Å². The van der Waals surface area contributed by atoms with Crippen LogP contribution < -0.4 is 0 Å². The average Bonchev–Trinajstić information content (AvgIpc) is 3.44. The van der Waals surface area contributed by atoms with Crippen molar-refractivity contribution >= 4 is 39.5 Å². The number of aliphatic hydroxyl groups excluding tert-OH is 1. The minimum Gasteiger partial charge on any atom is -0.462 e. The number of phosphoric acid groups is 2. The Bertz CT molecular complexity index is 1590. The second kappa shape index (κ2) is 55.9. The minimum absolute atomic E-state index is 0.103. The van der Waals surface area contributed by atoms with Crippen molar-refractivity contribution in [3.05, 3.63) is 0 Å². The third-order valence-corrected chi connectivity index (χ3v) is 16.5. The summed E-state index contributed by atoms with van der Waals surface area (Å²) < 4.78 is 67.7. The molecule has 3 unspecified atom stereocenters. The number of carbonyl (C=O) groups excluding carboxylic acids is 4. The third-order valence-electron chi connectivity index (χ3n) is 14.6. The number of unbranched alkanes of at least 4 members (excludes halogenated alkanes) is 33. The molecular formula is C62H120O17P2. The number of phosphoric ester groups is 2. The lowest BCUT2D eigenvalue weighted by Crippen LogP contribution is -2.30. The Morgan fingerprint density at radius 1 is 0.346 bits per heavy atom. The molecule has 0 saturated heterocycles. The molecule has 0 aromatic heterocycles. The van der Waals surface area contributed by atoms with Gasteiger partial charge in [0.15, 0.2) is 12.2 Å². The van der Waals surface area contributed by atoms with Gasteiger partial charge >= 0.3 is 39.5 Å². The van der Waals surface area contributed by atoms with Gasteiger partial charge in [-0.05, 0) is 31.6 Å². The van der Waals surface area contributed by atoms with Gasteiger partial charge in [-0.15, -0.1) is 0 Å². The van der Waals surface area contributed by atoms with E-state index in [0.29, 0.717) is 25.7 Å². The van der Waals surface area contributed by atoms with Gasteiger partial charge in [0, 0.05) is 25.7 Å².